The van der Waals surface area contributed by atoms with Crippen molar-refractivity contribution in [3.63, 3.8) is 0 Å². The largest absolute Gasteiger partial charge is 0.405 e. The molecule has 2 heterocycles. The molecule has 4 N–H and O–H groups in total. The normalized spacial score (nSPS) is 22.2. The number of amides is 1. The first-order valence-electron chi connectivity index (χ1n) is 8.66. The van der Waals surface area contributed by atoms with Crippen LogP contribution in [0.2, 0.25) is 5.02 Å². The maximum atomic E-state index is 13.6. The average Bonchev–Trinajstić information content (AvgIpc) is 3.20. The number of nitrogens with zero attached hydrogens (tertiary/aromatic N) is 2. The zero-order chi connectivity index (χ0) is 22.1. The molecular weight excluding hydrogens is 432 g/mol. The SMILES string of the molecule is Cc1cc(C(=O)NC(=NC2NNC(C(F)(F)F)C2C)Nc2cc(F)cc(Cl)c2)on1. The van der Waals surface area contributed by atoms with Gasteiger partial charge in [0.25, 0.3) is 5.91 Å². The Morgan fingerprint density at radius 3 is 2.57 bits per heavy atom. The molecule has 1 amide bonds. The quantitative estimate of drug-likeness (QED) is 0.327. The summed E-state index contributed by atoms with van der Waals surface area (Å²) in [7, 11) is 0. The molecular formula is C17H17ClF4N6O2. The minimum absolute atomic E-state index is 0.0696. The molecule has 0 saturated carbocycles. The van der Waals surface area contributed by atoms with Crippen molar-refractivity contribution in [3.05, 3.63) is 46.6 Å². The van der Waals surface area contributed by atoms with E-state index in [1.165, 1.54) is 19.1 Å². The van der Waals surface area contributed by atoms with Crippen molar-refractivity contribution in [3.8, 4) is 0 Å². The van der Waals surface area contributed by atoms with Crippen molar-refractivity contribution in [1.82, 2.24) is 21.3 Å². The van der Waals surface area contributed by atoms with E-state index < -0.39 is 36.0 Å². The number of rotatable bonds is 3. The van der Waals surface area contributed by atoms with Gasteiger partial charge in [0.2, 0.25) is 11.7 Å². The Balaban J connectivity index is 1.86. The molecule has 162 valence electrons. The van der Waals surface area contributed by atoms with Gasteiger partial charge < -0.3 is 9.84 Å². The number of anilines is 1. The van der Waals surface area contributed by atoms with Crippen LogP contribution >= 0.6 is 11.6 Å². The fraction of sp³-hybridized carbons (Fsp3) is 0.353. The van der Waals surface area contributed by atoms with E-state index in [-0.39, 0.29) is 22.4 Å². The number of carbonyl (C=O) groups is 1. The summed E-state index contributed by atoms with van der Waals surface area (Å²) in [6.45, 7) is 2.95. The van der Waals surface area contributed by atoms with Gasteiger partial charge in [-0.15, -0.1) is 0 Å². The number of hydrogen-bond acceptors (Lipinski definition) is 6. The first-order valence-corrected chi connectivity index (χ1v) is 9.04. The van der Waals surface area contributed by atoms with Gasteiger partial charge >= 0.3 is 6.18 Å². The Labute approximate surface area is 173 Å². The van der Waals surface area contributed by atoms with Gasteiger partial charge in [0, 0.05) is 22.7 Å². The first-order chi connectivity index (χ1) is 14.0. The van der Waals surface area contributed by atoms with Gasteiger partial charge in [-0.3, -0.25) is 10.1 Å². The van der Waals surface area contributed by atoms with Crippen LogP contribution in [-0.2, 0) is 0 Å². The van der Waals surface area contributed by atoms with Gasteiger partial charge in [-0.05, 0) is 25.1 Å². The first kappa shape index (κ1) is 22.0. The van der Waals surface area contributed by atoms with E-state index in [1.54, 1.807) is 6.92 Å². The standard InChI is InChI=1S/C17H17ClF4N6O2/c1-7-3-12(30-28-7)15(29)25-16(23-11-5-9(18)4-10(19)6-11)24-14-8(2)13(26-27-14)17(20,21)22/h3-6,8,13-14,26-27H,1-2H3,(H2,23,24,25,29). The Bertz CT molecular complexity index is 944. The Kier molecular flexibility index (Phi) is 6.29. The van der Waals surface area contributed by atoms with Crippen LogP contribution in [0.3, 0.4) is 0 Å². The van der Waals surface area contributed by atoms with Crippen LogP contribution < -0.4 is 21.5 Å². The van der Waals surface area contributed by atoms with Crippen molar-refractivity contribution in [1.29, 1.82) is 0 Å². The van der Waals surface area contributed by atoms with Crippen LogP contribution in [0.5, 0.6) is 0 Å². The van der Waals surface area contributed by atoms with Crippen LogP contribution in [0.1, 0.15) is 23.2 Å². The number of benzene rings is 1. The lowest BCUT2D eigenvalue weighted by Crippen LogP contribution is -2.43. The minimum Gasteiger partial charge on any atom is -0.351 e. The third-order valence-corrected chi connectivity index (χ3v) is 4.46. The number of hydrogen-bond donors (Lipinski definition) is 4. The van der Waals surface area contributed by atoms with E-state index in [4.69, 9.17) is 16.1 Å². The summed E-state index contributed by atoms with van der Waals surface area (Å²) in [5.74, 6) is -2.81. The maximum absolute atomic E-state index is 13.6. The third kappa shape index (κ3) is 5.26. The van der Waals surface area contributed by atoms with Gasteiger partial charge in [-0.25, -0.2) is 20.2 Å². The summed E-state index contributed by atoms with van der Waals surface area (Å²) < 4.78 is 57.7. The number of carbonyl (C=O) groups excluding carboxylic acids is 1. The number of aromatic nitrogens is 1. The van der Waals surface area contributed by atoms with E-state index >= 15 is 0 Å². The predicted molar refractivity (Wildman–Crippen MR) is 100 cm³/mol. The molecule has 1 saturated heterocycles. The lowest BCUT2D eigenvalue weighted by Gasteiger charge is -2.20. The number of hydrazine groups is 1. The van der Waals surface area contributed by atoms with Gasteiger partial charge in [0.05, 0.1) is 5.69 Å². The zero-order valence-corrected chi connectivity index (χ0v) is 16.4. The molecule has 0 radical (unpaired) electrons. The summed E-state index contributed by atoms with van der Waals surface area (Å²) in [6, 6.07) is 3.02. The van der Waals surface area contributed by atoms with Crippen molar-refractivity contribution >= 4 is 29.2 Å². The molecule has 1 aliphatic heterocycles. The molecule has 1 aromatic carbocycles. The molecule has 2 aromatic rings. The monoisotopic (exact) mass is 448 g/mol. The second-order valence-corrected chi connectivity index (χ2v) is 7.10. The Hall–Kier alpha value is -2.70. The van der Waals surface area contributed by atoms with E-state index in [0.29, 0.717) is 5.69 Å². The second kappa shape index (κ2) is 8.58. The highest BCUT2D eigenvalue weighted by Crippen LogP contribution is 2.30. The van der Waals surface area contributed by atoms with Gasteiger partial charge in [-0.2, -0.15) is 13.2 Å². The third-order valence-electron chi connectivity index (χ3n) is 4.24. The predicted octanol–water partition coefficient (Wildman–Crippen LogP) is 2.97. The number of guanidine groups is 1. The van der Waals surface area contributed by atoms with E-state index in [0.717, 1.165) is 12.1 Å². The van der Waals surface area contributed by atoms with Crippen LogP contribution in [-0.4, -0.2) is 35.4 Å². The molecule has 13 heteroatoms. The molecule has 30 heavy (non-hydrogen) atoms. The number of alkyl halides is 3. The zero-order valence-electron chi connectivity index (χ0n) is 15.6. The summed E-state index contributed by atoms with van der Waals surface area (Å²) in [5.41, 5.74) is 5.15. The Morgan fingerprint density at radius 2 is 2.00 bits per heavy atom. The second-order valence-electron chi connectivity index (χ2n) is 6.66. The van der Waals surface area contributed by atoms with Gasteiger partial charge in [0.1, 0.15) is 18.0 Å². The highest BCUT2D eigenvalue weighted by atomic mass is 35.5. The molecule has 0 spiro atoms. The lowest BCUT2D eigenvalue weighted by atomic mass is 10.0. The molecule has 1 fully saturated rings. The number of halogens is 5. The highest BCUT2D eigenvalue weighted by molar-refractivity contribution is 6.31. The van der Waals surface area contributed by atoms with Crippen molar-refractivity contribution in [2.45, 2.75) is 32.2 Å². The number of nitrogens with one attached hydrogen (secondary N) is 4. The highest BCUT2D eigenvalue weighted by Gasteiger charge is 2.49. The molecule has 1 aromatic heterocycles. The number of aliphatic imine (C=N–C) groups is 1. The molecule has 3 rings (SSSR count). The van der Waals surface area contributed by atoms with E-state index in [1.807, 2.05) is 0 Å². The summed E-state index contributed by atoms with van der Waals surface area (Å²) in [5, 5.41) is 8.70. The fourth-order valence-corrected chi connectivity index (χ4v) is 3.01. The summed E-state index contributed by atoms with van der Waals surface area (Å²) in [4.78, 5) is 16.5. The topological polar surface area (TPSA) is 104 Å². The molecule has 3 atom stereocenters. The molecule has 0 bridgehead atoms. The van der Waals surface area contributed by atoms with Crippen LogP contribution in [0.4, 0.5) is 23.2 Å². The fourth-order valence-electron chi connectivity index (χ4n) is 2.79. The summed E-state index contributed by atoms with van der Waals surface area (Å²) in [6.07, 6.45) is -5.55. The lowest BCUT2D eigenvalue weighted by molar-refractivity contribution is -0.160. The average molecular weight is 449 g/mol. The molecule has 1 aliphatic rings. The van der Waals surface area contributed by atoms with Crippen LogP contribution in [0.15, 0.2) is 33.8 Å². The minimum atomic E-state index is -4.50. The van der Waals surface area contributed by atoms with Gasteiger partial charge in [-0.1, -0.05) is 23.7 Å². The summed E-state index contributed by atoms with van der Waals surface area (Å²) >= 11 is 5.82. The Morgan fingerprint density at radius 1 is 1.27 bits per heavy atom. The van der Waals surface area contributed by atoms with Crippen molar-refractivity contribution in [2.24, 2.45) is 10.9 Å². The van der Waals surface area contributed by atoms with Crippen molar-refractivity contribution in [2.75, 3.05) is 5.32 Å². The van der Waals surface area contributed by atoms with Gasteiger partial charge in [0.15, 0.2) is 0 Å². The van der Waals surface area contributed by atoms with E-state index in [9.17, 15) is 22.4 Å². The number of aryl methyl sites for hydroxylation is 1. The smallest absolute Gasteiger partial charge is 0.351 e. The van der Waals surface area contributed by atoms with Crippen LogP contribution in [0, 0.1) is 18.7 Å². The molecule has 0 aliphatic carbocycles. The maximum Gasteiger partial charge on any atom is 0.405 e. The van der Waals surface area contributed by atoms with Crippen molar-refractivity contribution < 1.29 is 26.9 Å². The van der Waals surface area contributed by atoms with E-state index in [2.05, 4.69) is 31.6 Å². The molecule has 8 nitrogen and oxygen atoms in total. The van der Waals surface area contributed by atoms with Crippen LogP contribution in [0.25, 0.3) is 0 Å². The molecule has 3 unspecified atom stereocenters.